The van der Waals surface area contributed by atoms with Crippen molar-refractivity contribution in [2.24, 2.45) is 5.10 Å². The highest BCUT2D eigenvalue weighted by atomic mass is 16.6. The second-order valence-corrected chi connectivity index (χ2v) is 7.36. The number of amides is 2. The van der Waals surface area contributed by atoms with E-state index in [1.54, 1.807) is 6.07 Å². The molecule has 8 nitrogen and oxygen atoms in total. The summed E-state index contributed by atoms with van der Waals surface area (Å²) in [6.07, 6.45) is 3.36. The molecule has 0 radical (unpaired) electrons. The number of anilines is 1. The summed E-state index contributed by atoms with van der Waals surface area (Å²) in [5, 5.41) is 17.2. The number of hydrogen-bond acceptors (Lipinski definition) is 5. The van der Waals surface area contributed by atoms with Crippen molar-refractivity contribution >= 4 is 35.5 Å². The van der Waals surface area contributed by atoms with Crippen LogP contribution in [-0.4, -0.2) is 23.0 Å². The Kier molecular flexibility index (Phi) is 8.63. The average Bonchev–Trinajstić information content (AvgIpc) is 2.73. The largest absolute Gasteiger partial charge is 0.326 e. The van der Waals surface area contributed by atoms with Crippen molar-refractivity contribution in [3.05, 3.63) is 75.3 Å². The highest BCUT2D eigenvalue weighted by Crippen LogP contribution is 2.17. The van der Waals surface area contributed by atoms with E-state index in [1.807, 2.05) is 25.1 Å². The molecule has 0 aliphatic rings. The van der Waals surface area contributed by atoms with Crippen molar-refractivity contribution < 1.29 is 14.5 Å². The van der Waals surface area contributed by atoms with Gasteiger partial charge in [0, 0.05) is 30.7 Å². The molecular formula is C23H26N4O4. The van der Waals surface area contributed by atoms with Gasteiger partial charge in [-0.05, 0) is 35.6 Å². The van der Waals surface area contributed by atoms with Gasteiger partial charge in [-0.25, -0.2) is 5.43 Å². The van der Waals surface area contributed by atoms with Crippen LogP contribution in [0.1, 0.15) is 50.7 Å². The van der Waals surface area contributed by atoms with Gasteiger partial charge in [0.25, 0.3) is 5.69 Å². The predicted molar refractivity (Wildman–Crippen MR) is 122 cm³/mol. The topological polar surface area (TPSA) is 114 Å². The van der Waals surface area contributed by atoms with Crippen molar-refractivity contribution in [3.63, 3.8) is 0 Å². The second-order valence-electron chi connectivity index (χ2n) is 7.36. The number of carbonyl (C=O) groups excluding carboxylic acids is 2. The number of rotatable bonds is 9. The molecule has 0 heterocycles. The Balaban J connectivity index is 1.77. The summed E-state index contributed by atoms with van der Waals surface area (Å²) in [6, 6.07) is 13.8. The third-order valence-corrected chi connectivity index (χ3v) is 4.37. The first-order chi connectivity index (χ1) is 14.7. The highest BCUT2D eigenvalue weighted by Gasteiger charge is 2.10. The van der Waals surface area contributed by atoms with Crippen molar-refractivity contribution in [3.8, 4) is 0 Å². The number of nitro benzene ring substituents is 1. The zero-order valence-electron chi connectivity index (χ0n) is 17.8. The number of nitrogens with zero attached hydrogens (tertiary/aromatic N) is 2. The Hall–Kier alpha value is -3.81. The number of benzene rings is 2. The van der Waals surface area contributed by atoms with Gasteiger partial charge in [0.2, 0.25) is 11.8 Å². The van der Waals surface area contributed by atoms with Crippen molar-refractivity contribution in [2.45, 2.75) is 39.5 Å². The van der Waals surface area contributed by atoms with E-state index in [0.29, 0.717) is 11.6 Å². The molecule has 8 heteroatoms. The first kappa shape index (κ1) is 23.5. The summed E-state index contributed by atoms with van der Waals surface area (Å²) in [7, 11) is 0. The monoisotopic (exact) mass is 422 g/mol. The van der Waals surface area contributed by atoms with Gasteiger partial charge in [-0.1, -0.05) is 50.3 Å². The van der Waals surface area contributed by atoms with Crippen LogP contribution in [0.4, 0.5) is 11.4 Å². The number of allylic oxidation sites excluding steroid dienone is 1. The van der Waals surface area contributed by atoms with Crippen LogP contribution in [0.3, 0.4) is 0 Å². The maximum absolute atomic E-state index is 11.9. The molecule has 0 saturated heterocycles. The van der Waals surface area contributed by atoms with Crippen LogP contribution in [0.2, 0.25) is 0 Å². The molecule has 2 amide bonds. The van der Waals surface area contributed by atoms with E-state index in [9.17, 15) is 19.7 Å². The van der Waals surface area contributed by atoms with Crippen LogP contribution in [0.25, 0.3) is 6.08 Å². The zero-order chi connectivity index (χ0) is 22.8. The van der Waals surface area contributed by atoms with Crippen LogP contribution >= 0.6 is 0 Å². The minimum atomic E-state index is -0.543. The number of non-ortho nitro benzene ring substituents is 1. The Morgan fingerprint density at radius 1 is 1.10 bits per heavy atom. The number of nitrogens with one attached hydrogen (secondary N) is 2. The lowest BCUT2D eigenvalue weighted by molar-refractivity contribution is -0.384. The molecule has 0 aliphatic carbocycles. The minimum absolute atomic E-state index is 0.0580. The zero-order valence-corrected chi connectivity index (χ0v) is 17.8. The fourth-order valence-electron chi connectivity index (χ4n) is 2.69. The molecular weight excluding hydrogens is 396 g/mol. The molecule has 0 bridgehead atoms. The van der Waals surface area contributed by atoms with Gasteiger partial charge in [0.1, 0.15) is 0 Å². The lowest BCUT2D eigenvalue weighted by Gasteiger charge is -2.05. The van der Waals surface area contributed by atoms with Gasteiger partial charge in [-0.3, -0.25) is 19.7 Å². The van der Waals surface area contributed by atoms with E-state index in [4.69, 9.17) is 0 Å². The molecule has 0 spiro atoms. The number of nitro groups is 1. The maximum Gasteiger partial charge on any atom is 0.271 e. The number of hydrogen-bond donors (Lipinski definition) is 2. The summed E-state index contributed by atoms with van der Waals surface area (Å²) < 4.78 is 0. The molecule has 0 aliphatic heterocycles. The average molecular weight is 422 g/mol. The summed E-state index contributed by atoms with van der Waals surface area (Å²) in [5.41, 5.74) is 5.74. The molecule has 0 unspecified atom stereocenters. The Morgan fingerprint density at radius 3 is 2.42 bits per heavy atom. The van der Waals surface area contributed by atoms with Crippen LogP contribution in [0.5, 0.6) is 0 Å². The van der Waals surface area contributed by atoms with Gasteiger partial charge < -0.3 is 5.32 Å². The summed E-state index contributed by atoms with van der Waals surface area (Å²) in [6.45, 7) is 6.16. The van der Waals surface area contributed by atoms with Gasteiger partial charge in [-0.15, -0.1) is 0 Å². The summed E-state index contributed by atoms with van der Waals surface area (Å²) in [5.74, 6) is -0.343. The first-order valence-electron chi connectivity index (χ1n) is 9.89. The minimum Gasteiger partial charge on any atom is -0.326 e. The Bertz CT molecular complexity index is 995. The molecule has 2 N–H and O–H groups in total. The Morgan fingerprint density at radius 2 is 1.77 bits per heavy atom. The lowest BCUT2D eigenvalue weighted by Crippen LogP contribution is -2.20. The van der Waals surface area contributed by atoms with Crippen LogP contribution in [0.15, 0.2) is 59.2 Å². The third kappa shape index (κ3) is 8.22. The molecule has 0 aromatic heterocycles. The molecule has 0 fully saturated rings. The molecule has 0 saturated carbocycles. The molecule has 31 heavy (non-hydrogen) atoms. The van der Waals surface area contributed by atoms with Crippen LogP contribution in [0, 0.1) is 10.1 Å². The van der Waals surface area contributed by atoms with E-state index in [-0.39, 0.29) is 18.5 Å². The fraction of sp³-hybridized carbons (Fsp3) is 0.261. The predicted octanol–water partition coefficient (Wildman–Crippen LogP) is 4.64. The van der Waals surface area contributed by atoms with Crippen LogP contribution in [-0.2, 0) is 9.59 Å². The summed E-state index contributed by atoms with van der Waals surface area (Å²) >= 11 is 0. The van der Waals surface area contributed by atoms with Crippen molar-refractivity contribution in [2.75, 3.05) is 5.32 Å². The highest BCUT2D eigenvalue weighted by molar-refractivity contribution is 5.93. The van der Waals surface area contributed by atoms with Crippen molar-refractivity contribution in [1.82, 2.24) is 5.43 Å². The first-order valence-corrected chi connectivity index (χ1v) is 9.89. The van der Waals surface area contributed by atoms with Gasteiger partial charge >= 0.3 is 0 Å². The standard InChI is InChI=1S/C23H26N4O4/c1-16(2)19-9-7-18(8-10-19)13-17(3)15-24-26-23(29)12-11-22(28)25-20-5-4-6-21(14-20)27(30)31/h4-10,13-16H,11-12H2,1-3H3,(H,25,28)(H,26,29)/b17-13-,24-15+. The fourth-order valence-corrected chi connectivity index (χ4v) is 2.69. The normalized spacial score (nSPS) is 11.5. The quantitative estimate of drug-likeness (QED) is 0.348. The number of hydrazone groups is 1. The van der Waals surface area contributed by atoms with E-state index >= 15 is 0 Å². The SMILES string of the molecule is CC(=C/c1ccc(C(C)C)cc1)/C=N/NC(=O)CCC(=O)Nc1cccc([N+](=O)[O-])c1. The lowest BCUT2D eigenvalue weighted by atomic mass is 10.0. The van der Waals surface area contributed by atoms with E-state index in [1.165, 1.54) is 30.0 Å². The second kappa shape index (κ2) is 11.4. The maximum atomic E-state index is 11.9. The summed E-state index contributed by atoms with van der Waals surface area (Å²) in [4.78, 5) is 34.0. The van der Waals surface area contributed by atoms with Crippen molar-refractivity contribution in [1.29, 1.82) is 0 Å². The third-order valence-electron chi connectivity index (χ3n) is 4.37. The van der Waals surface area contributed by atoms with Gasteiger partial charge in [0.05, 0.1) is 11.1 Å². The Labute approximate surface area is 181 Å². The van der Waals surface area contributed by atoms with Gasteiger partial charge in [0.15, 0.2) is 0 Å². The van der Waals surface area contributed by atoms with Crippen LogP contribution < -0.4 is 10.7 Å². The molecule has 0 atom stereocenters. The smallest absolute Gasteiger partial charge is 0.271 e. The van der Waals surface area contributed by atoms with E-state index in [2.05, 4.69) is 41.8 Å². The van der Waals surface area contributed by atoms with Gasteiger partial charge in [-0.2, -0.15) is 5.10 Å². The number of carbonyl (C=O) groups is 2. The molecule has 2 rings (SSSR count). The molecule has 2 aromatic rings. The molecule has 162 valence electrons. The van der Waals surface area contributed by atoms with E-state index in [0.717, 1.165) is 11.1 Å². The van der Waals surface area contributed by atoms with E-state index < -0.39 is 16.7 Å². The molecule has 2 aromatic carbocycles.